The van der Waals surface area contributed by atoms with Crippen molar-refractivity contribution in [2.24, 2.45) is 5.92 Å². The van der Waals surface area contributed by atoms with Gasteiger partial charge in [-0.15, -0.1) is 0 Å². The number of benzene rings is 2. The molecule has 1 atom stereocenters. The second-order valence-electron chi connectivity index (χ2n) is 8.74. The van der Waals surface area contributed by atoms with E-state index in [2.05, 4.69) is 53.4 Å². The van der Waals surface area contributed by atoms with Crippen molar-refractivity contribution in [1.82, 2.24) is 15.1 Å². The molecule has 0 bridgehead atoms. The van der Waals surface area contributed by atoms with E-state index in [0.717, 1.165) is 29.8 Å². The normalized spacial score (nSPS) is 15.8. The van der Waals surface area contributed by atoms with Gasteiger partial charge in [-0.05, 0) is 29.0 Å². The maximum atomic E-state index is 12.7. The van der Waals surface area contributed by atoms with Gasteiger partial charge >= 0.3 is 0 Å². The number of nitrogens with one attached hydrogen (secondary N) is 1. The molecule has 1 saturated heterocycles. The average Bonchev–Trinajstić information content (AvgIpc) is 3.30. The number of hydrogen-bond donors (Lipinski definition) is 1. The number of aromatic nitrogens is 2. The van der Waals surface area contributed by atoms with E-state index >= 15 is 0 Å². The Hall–Kier alpha value is -3.41. The van der Waals surface area contributed by atoms with E-state index in [-0.39, 0.29) is 17.4 Å². The van der Waals surface area contributed by atoms with Gasteiger partial charge in [0.1, 0.15) is 0 Å². The Kier molecular flexibility index (Phi) is 6.69. The van der Waals surface area contributed by atoms with E-state index in [0.29, 0.717) is 25.6 Å². The lowest BCUT2D eigenvalue weighted by atomic mass is 10.0. The highest BCUT2D eigenvalue weighted by molar-refractivity contribution is 5.80. The van der Waals surface area contributed by atoms with Crippen molar-refractivity contribution >= 4 is 11.6 Å². The Balaban J connectivity index is 1.32. The Morgan fingerprint density at radius 1 is 1.09 bits per heavy atom. The van der Waals surface area contributed by atoms with Gasteiger partial charge in [0.2, 0.25) is 5.91 Å². The van der Waals surface area contributed by atoms with Gasteiger partial charge in [-0.2, -0.15) is 5.10 Å². The molecule has 6 nitrogen and oxygen atoms in total. The third kappa shape index (κ3) is 5.25. The molecule has 166 valence electrons. The Bertz CT molecular complexity index is 1110. The number of rotatable bonds is 7. The topological polar surface area (TPSA) is 67.2 Å². The number of anilines is 1. The minimum atomic E-state index is -0.135. The van der Waals surface area contributed by atoms with Gasteiger partial charge in [0.05, 0.1) is 24.3 Å². The summed E-state index contributed by atoms with van der Waals surface area (Å²) in [5.74, 6) is 0.473. The van der Waals surface area contributed by atoms with Crippen LogP contribution in [-0.4, -0.2) is 28.8 Å². The Labute approximate surface area is 188 Å². The molecular formula is C26H30N4O2. The minimum Gasteiger partial charge on any atom is -0.369 e. The zero-order valence-electron chi connectivity index (χ0n) is 18.7. The summed E-state index contributed by atoms with van der Waals surface area (Å²) in [4.78, 5) is 27.3. The average molecular weight is 431 g/mol. The molecule has 0 spiro atoms. The molecular weight excluding hydrogens is 400 g/mol. The molecule has 1 N–H and O–H groups in total. The van der Waals surface area contributed by atoms with Gasteiger partial charge in [-0.25, -0.2) is 4.68 Å². The summed E-state index contributed by atoms with van der Waals surface area (Å²) in [5.41, 5.74) is 4.07. The fraction of sp³-hybridized carbons (Fsp3) is 0.346. The van der Waals surface area contributed by atoms with E-state index in [1.807, 2.05) is 30.3 Å². The maximum Gasteiger partial charge on any atom is 0.269 e. The molecule has 4 rings (SSSR count). The Morgan fingerprint density at radius 3 is 2.53 bits per heavy atom. The summed E-state index contributed by atoms with van der Waals surface area (Å²) in [6.45, 7) is 6.66. The molecule has 32 heavy (non-hydrogen) atoms. The van der Waals surface area contributed by atoms with Crippen LogP contribution < -0.4 is 15.8 Å². The fourth-order valence-electron chi connectivity index (χ4n) is 4.03. The van der Waals surface area contributed by atoms with Gasteiger partial charge in [-0.1, -0.05) is 68.4 Å². The summed E-state index contributed by atoms with van der Waals surface area (Å²) < 4.78 is 1.46. The van der Waals surface area contributed by atoms with Crippen molar-refractivity contribution in [1.29, 1.82) is 0 Å². The van der Waals surface area contributed by atoms with Crippen LogP contribution in [-0.2, 0) is 17.9 Å². The smallest absolute Gasteiger partial charge is 0.269 e. The van der Waals surface area contributed by atoms with Crippen LogP contribution in [0.4, 0.5) is 5.69 Å². The van der Waals surface area contributed by atoms with Crippen molar-refractivity contribution in [2.75, 3.05) is 18.0 Å². The molecule has 1 aliphatic heterocycles. The predicted molar refractivity (Wildman–Crippen MR) is 127 cm³/mol. The molecule has 6 heteroatoms. The summed E-state index contributed by atoms with van der Waals surface area (Å²) in [5, 5.41) is 7.41. The first-order valence-corrected chi connectivity index (χ1v) is 11.2. The van der Waals surface area contributed by atoms with Crippen molar-refractivity contribution in [3.63, 3.8) is 0 Å². The van der Waals surface area contributed by atoms with E-state index in [1.165, 1.54) is 10.2 Å². The van der Waals surface area contributed by atoms with E-state index in [9.17, 15) is 9.59 Å². The summed E-state index contributed by atoms with van der Waals surface area (Å²) >= 11 is 0. The molecule has 2 heterocycles. The summed E-state index contributed by atoms with van der Waals surface area (Å²) in [6, 6.07) is 19.8. The predicted octanol–water partition coefficient (Wildman–Crippen LogP) is 3.56. The second kappa shape index (κ2) is 9.81. The van der Waals surface area contributed by atoms with Crippen LogP contribution in [0.1, 0.15) is 42.9 Å². The van der Waals surface area contributed by atoms with Gasteiger partial charge in [0.15, 0.2) is 0 Å². The van der Waals surface area contributed by atoms with Crippen molar-refractivity contribution < 1.29 is 4.79 Å². The van der Waals surface area contributed by atoms with Crippen LogP contribution in [0.25, 0.3) is 0 Å². The monoisotopic (exact) mass is 430 g/mol. The third-order valence-corrected chi connectivity index (χ3v) is 6.07. The van der Waals surface area contributed by atoms with Gasteiger partial charge in [-0.3, -0.25) is 9.59 Å². The van der Waals surface area contributed by atoms with Crippen LogP contribution in [0.5, 0.6) is 0 Å². The molecule has 1 aromatic heterocycles. The first-order chi connectivity index (χ1) is 15.5. The molecule has 1 aliphatic rings. The van der Waals surface area contributed by atoms with E-state index in [1.54, 1.807) is 12.3 Å². The highest BCUT2D eigenvalue weighted by Gasteiger charge is 2.28. The molecule has 3 aromatic rings. The number of hydrogen-bond acceptors (Lipinski definition) is 4. The highest BCUT2D eigenvalue weighted by atomic mass is 16.2. The second-order valence-corrected chi connectivity index (χ2v) is 8.74. The summed E-state index contributed by atoms with van der Waals surface area (Å²) in [7, 11) is 0. The summed E-state index contributed by atoms with van der Waals surface area (Å²) in [6.07, 6.45) is 2.49. The molecule has 0 radical (unpaired) electrons. The van der Waals surface area contributed by atoms with Crippen molar-refractivity contribution in [2.45, 2.75) is 39.3 Å². The SMILES string of the molecule is CC(C)c1ccc(CNC(=O)C2CCN(c3cnn(Cc4ccccc4)c(=O)c3)C2)cc1. The van der Waals surface area contributed by atoms with E-state index in [4.69, 9.17) is 0 Å². The maximum absolute atomic E-state index is 12.7. The first kappa shape index (κ1) is 21.8. The van der Waals surface area contributed by atoms with Crippen LogP contribution >= 0.6 is 0 Å². The van der Waals surface area contributed by atoms with Crippen LogP contribution in [0.15, 0.2) is 71.7 Å². The van der Waals surface area contributed by atoms with Crippen LogP contribution in [0, 0.1) is 5.92 Å². The molecule has 1 unspecified atom stereocenters. The fourth-order valence-corrected chi connectivity index (χ4v) is 4.03. The zero-order chi connectivity index (χ0) is 22.5. The van der Waals surface area contributed by atoms with E-state index < -0.39 is 0 Å². The molecule has 2 aromatic carbocycles. The van der Waals surface area contributed by atoms with Gasteiger partial charge in [0.25, 0.3) is 5.56 Å². The van der Waals surface area contributed by atoms with Crippen LogP contribution in [0.2, 0.25) is 0 Å². The van der Waals surface area contributed by atoms with Gasteiger partial charge in [0, 0.05) is 25.7 Å². The lowest BCUT2D eigenvalue weighted by Gasteiger charge is -2.18. The number of amides is 1. The van der Waals surface area contributed by atoms with Crippen molar-refractivity contribution in [3.05, 3.63) is 93.9 Å². The molecule has 1 fully saturated rings. The molecule has 1 amide bonds. The number of carbonyl (C=O) groups is 1. The quantitative estimate of drug-likeness (QED) is 0.622. The number of nitrogens with zero attached hydrogens (tertiary/aromatic N) is 3. The minimum absolute atomic E-state index is 0.0609. The van der Waals surface area contributed by atoms with Gasteiger partial charge < -0.3 is 10.2 Å². The lowest BCUT2D eigenvalue weighted by Crippen LogP contribution is -2.33. The number of carbonyl (C=O) groups excluding carboxylic acids is 1. The van der Waals surface area contributed by atoms with Crippen LogP contribution in [0.3, 0.4) is 0 Å². The standard InChI is InChI=1S/C26H30N4O2/c1-19(2)22-10-8-20(9-11-22)15-27-26(32)23-12-13-29(18-23)24-14-25(31)30(28-16-24)17-21-6-4-3-5-7-21/h3-11,14,16,19,23H,12-13,15,17-18H2,1-2H3,(H,27,32). The first-order valence-electron chi connectivity index (χ1n) is 11.2. The third-order valence-electron chi connectivity index (χ3n) is 6.07. The highest BCUT2D eigenvalue weighted by Crippen LogP contribution is 2.22. The molecule has 0 aliphatic carbocycles. The lowest BCUT2D eigenvalue weighted by molar-refractivity contribution is -0.124. The van der Waals surface area contributed by atoms with Crippen molar-refractivity contribution in [3.8, 4) is 0 Å². The zero-order valence-corrected chi connectivity index (χ0v) is 18.7. The molecule has 0 saturated carbocycles. The largest absolute Gasteiger partial charge is 0.369 e. The Morgan fingerprint density at radius 2 is 1.84 bits per heavy atom.